The van der Waals surface area contributed by atoms with Gasteiger partial charge in [0.25, 0.3) is 5.91 Å². The largest absolute Gasteiger partial charge is 0.507 e. The number of thiol groups is 1. The van der Waals surface area contributed by atoms with Crippen molar-refractivity contribution in [3.8, 4) is 17.2 Å². The van der Waals surface area contributed by atoms with Gasteiger partial charge in [-0.1, -0.05) is 19.1 Å². The summed E-state index contributed by atoms with van der Waals surface area (Å²) in [7, 11) is 2.91. The first-order chi connectivity index (χ1) is 23.4. The van der Waals surface area contributed by atoms with Crippen LogP contribution in [0.4, 0.5) is 0 Å². The second kappa shape index (κ2) is 12.8. The van der Waals surface area contributed by atoms with Crippen LogP contribution in [0.5, 0.6) is 17.2 Å². The first kappa shape index (κ1) is 34.2. The minimum absolute atomic E-state index is 0.0130. The average Bonchev–Trinajstić information content (AvgIpc) is 3.46. The highest BCUT2D eigenvalue weighted by Crippen LogP contribution is 2.53. The number of carbonyl (C=O) groups excluding carboxylic acids is 3. The molecule has 0 radical (unpaired) electrons. The molecule has 7 rings (SSSR count). The van der Waals surface area contributed by atoms with Crippen molar-refractivity contribution in [1.82, 2.24) is 10.2 Å². The van der Waals surface area contributed by atoms with Gasteiger partial charge in [-0.2, -0.15) is 12.6 Å². The second-order valence-corrected chi connectivity index (χ2v) is 14.1. The van der Waals surface area contributed by atoms with Gasteiger partial charge in [-0.3, -0.25) is 19.3 Å². The number of ether oxygens (including phenoxy) is 6. The van der Waals surface area contributed by atoms with Crippen LogP contribution in [0.3, 0.4) is 0 Å². The SMILES string of the molecule is COc1cccc2c1C(=O)c1c(O)c3c(c(O)c1C2=O)C[C@@](O)(C(=O)NCC(C)S)C[C@@H]3O[C@H]1C[C@H]2[C@H](O[C@@H]3[C@@H](OC)OCCN32)[C@H](C)O1. The van der Waals surface area contributed by atoms with Crippen LogP contribution in [0, 0.1) is 0 Å². The van der Waals surface area contributed by atoms with Gasteiger partial charge in [-0.15, -0.1) is 0 Å². The Kier molecular flexibility index (Phi) is 8.93. The predicted molar refractivity (Wildman–Crippen MR) is 173 cm³/mol. The number of fused-ring (bicyclic) bond motifs is 6. The zero-order valence-electron chi connectivity index (χ0n) is 27.5. The van der Waals surface area contributed by atoms with Crippen molar-refractivity contribution in [2.24, 2.45) is 0 Å². The molecule has 15 heteroatoms. The summed E-state index contributed by atoms with van der Waals surface area (Å²) < 4.78 is 35.7. The topological polar surface area (TPSA) is 183 Å². The fourth-order valence-corrected chi connectivity index (χ4v) is 8.00. The number of nitrogens with one attached hydrogen (secondary N) is 1. The molecule has 0 spiro atoms. The number of aromatic hydroxyl groups is 2. The van der Waals surface area contributed by atoms with E-state index >= 15 is 0 Å². The van der Waals surface area contributed by atoms with E-state index in [4.69, 9.17) is 28.4 Å². The molecule has 49 heavy (non-hydrogen) atoms. The Labute approximate surface area is 288 Å². The summed E-state index contributed by atoms with van der Waals surface area (Å²) in [4.78, 5) is 43.5. The lowest BCUT2D eigenvalue weighted by Crippen LogP contribution is -2.55. The summed E-state index contributed by atoms with van der Waals surface area (Å²) >= 11 is 4.32. The quantitative estimate of drug-likeness (QED) is 0.177. The molecule has 1 amide bonds. The number of phenolic OH excluding ortho intramolecular Hbond substituents is 2. The van der Waals surface area contributed by atoms with Crippen LogP contribution < -0.4 is 10.1 Å². The third-order valence-corrected chi connectivity index (χ3v) is 10.3. The predicted octanol–water partition coefficient (Wildman–Crippen LogP) is 1.58. The van der Waals surface area contributed by atoms with Gasteiger partial charge in [0, 0.05) is 67.4 Å². The van der Waals surface area contributed by atoms with Crippen molar-refractivity contribution in [2.45, 2.75) is 87.1 Å². The number of nitrogens with zero attached hydrogens (tertiary/aromatic N) is 1. The molecule has 0 aromatic heterocycles. The van der Waals surface area contributed by atoms with Crippen molar-refractivity contribution < 1.29 is 58.1 Å². The highest BCUT2D eigenvalue weighted by atomic mass is 32.1. The second-order valence-electron chi connectivity index (χ2n) is 13.3. The minimum Gasteiger partial charge on any atom is -0.507 e. The fraction of sp³-hybridized carbons (Fsp3) is 0.559. The lowest BCUT2D eigenvalue weighted by molar-refractivity contribution is -0.256. The van der Waals surface area contributed by atoms with Gasteiger partial charge in [0.05, 0.1) is 42.6 Å². The highest BCUT2D eigenvalue weighted by molar-refractivity contribution is 7.80. The van der Waals surface area contributed by atoms with Crippen molar-refractivity contribution in [3.05, 3.63) is 51.6 Å². The van der Waals surface area contributed by atoms with Crippen molar-refractivity contribution in [1.29, 1.82) is 0 Å². The lowest BCUT2D eigenvalue weighted by Gasteiger charge is -2.43. The van der Waals surface area contributed by atoms with E-state index in [0.29, 0.717) is 19.6 Å². The zero-order chi connectivity index (χ0) is 34.9. The molecule has 14 nitrogen and oxygen atoms in total. The van der Waals surface area contributed by atoms with Gasteiger partial charge in [0.1, 0.15) is 29.0 Å². The minimum atomic E-state index is -2.14. The molecule has 5 aliphatic rings. The van der Waals surface area contributed by atoms with E-state index in [1.54, 1.807) is 14.0 Å². The number of methoxy groups -OCH3 is 2. The Morgan fingerprint density at radius 3 is 2.61 bits per heavy atom. The number of hydrogen-bond donors (Lipinski definition) is 5. The number of benzene rings is 2. The molecule has 9 atom stereocenters. The third kappa shape index (κ3) is 5.51. The van der Waals surface area contributed by atoms with Crippen LogP contribution in [-0.2, 0) is 34.9 Å². The summed E-state index contributed by atoms with van der Waals surface area (Å²) in [6.45, 7) is 4.79. The number of morpholine rings is 1. The number of hydrogen-bond acceptors (Lipinski definition) is 14. The summed E-state index contributed by atoms with van der Waals surface area (Å²) in [6, 6.07) is 4.34. The van der Waals surface area contributed by atoms with Crippen LogP contribution in [0.25, 0.3) is 0 Å². The van der Waals surface area contributed by atoms with Gasteiger partial charge in [-0.05, 0) is 13.0 Å². The molecule has 3 saturated heterocycles. The van der Waals surface area contributed by atoms with Gasteiger partial charge in [0.2, 0.25) is 5.78 Å². The fourth-order valence-electron chi connectivity index (χ4n) is 7.91. The number of phenols is 2. The number of amides is 1. The van der Waals surface area contributed by atoms with Gasteiger partial charge >= 0.3 is 0 Å². The third-order valence-electron chi connectivity index (χ3n) is 10.2. The van der Waals surface area contributed by atoms with Crippen molar-refractivity contribution in [3.63, 3.8) is 0 Å². The molecule has 0 bridgehead atoms. The van der Waals surface area contributed by atoms with E-state index in [1.165, 1.54) is 25.3 Å². The Hall–Kier alpha value is -3.28. The van der Waals surface area contributed by atoms with E-state index in [9.17, 15) is 29.7 Å². The summed E-state index contributed by atoms with van der Waals surface area (Å²) in [5.74, 6) is -3.27. The lowest BCUT2D eigenvalue weighted by atomic mass is 9.72. The van der Waals surface area contributed by atoms with Gasteiger partial charge in [-0.25, -0.2) is 0 Å². The number of aliphatic hydroxyl groups is 1. The smallest absolute Gasteiger partial charge is 0.252 e. The van der Waals surface area contributed by atoms with Crippen LogP contribution in [-0.4, -0.2) is 120 Å². The van der Waals surface area contributed by atoms with E-state index < -0.39 is 83.1 Å². The Bertz CT molecular complexity index is 1700. The van der Waals surface area contributed by atoms with Crippen LogP contribution in [0.1, 0.15) is 75.8 Å². The average molecular weight is 701 g/mol. The van der Waals surface area contributed by atoms with E-state index in [-0.39, 0.29) is 58.4 Å². The zero-order valence-corrected chi connectivity index (χ0v) is 28.4. The number of carbonyl (C=O) groups is 3. The maximum absolute atomic E-state index is 14.0. The number of ketones is 2. The molecule has 2 aromatic rings. The van der Waals surface area contributed by atoms with Gasteiger partial charge < -0.3 is 49.1 Å². The maximum atomic E-state index is 14.0. The van der Waals surface area contributed by atoms with Gasteiger partial charge in [0.15, 0.2) is 24.6 Å². The molecule has 3 fully saturated rings. The molecule has 3 heterocycles. The van der Waals surface area contributed by atoms with E-state index in [2.05, 4.69) is 22.8 Å². The highest BCUT2D eigenvalue weighted by Gasteiger charge is 2.55. The van der Waals surface area contributed by atoms with E-state index in [0.717, 1.165) is 0 Å². The molecular weight excluding hydrogens is 660 g/mol. The molecule has 2 aliphatic carbocycles. The molecule has 264 valence electrons. The Balaban J connectivity index is 1.29. The number of rotatable bonds is 7. The molecule has 2 aromatic carbocycles. The van der Waals surface area contributed by atoms with Crippen molar-refractivity contribution in [2.75, 3.05) is 33.9 Å². The molecule has 0 saturated carbocycles. The van der Waals surface area contributed by atoms with Crippen LogP contribution >= 0.6 is 12.6 Å². The first-order valence-electron chi connectivity index (χ1n) is 16.3. The Morgan fingerprint density at radius 1 is 1.14 bits per heavy atom. The Morgan fingerprint density at radius 2 is 1.90 bits per heavy atom. The van der Waals surface area contributed by atoms with E-state index in [1.807, 2.05) is 6.92 Å². The molecular formula is C34H40N2O12S. The first-order valence-corrected chi connectivity index (χ1v) is 16.8. The molecule has 1 unspecified atom stereocenters. The van der Waals surface area contributed by atoms with Crippen molar-refractivity contribution >= 4 is 30.1 Å². The summed E-state index contributed by atoms with van der Waals surface area (Å²) in [5, 5.41) is 38.0. The summed E-state index contributed by atoms with van der Waals surface area (Å²) in [6.07, 6.45) is -4.50. The standard InChI is InChI=1S/C34H40N2O12S/c1-14(49)13-35-33(41)34(42)11-17-23(29(40)25-24(27(17)38)26(37)16-6-5-7-19(43-3)22(16)28(25)39)20(12-34)47-21-10-18-30(15(2)46-21)48-31-32(44-4)45-9-8-36(18)31/h5-7,14-15,18,20-21,30-32,38,40,42,49H,8-13H2,1-4H3,(H,35,41)/t14?,15-,18-,20-,21-,30+,31+,32-,34-/m0/s1. The molecule has 3 aliphatic heterocycles. The maximum Gasteiger partial charge on any atom is 0.252 e. The van der Waals surface area contributed by atoms with Crippen LogP contribution in [0.2, 0.25) is 0 Å². The monoisotopic (exact) mass is 700 g/mol. The normalized spacial score (nSPS) is 32.7. The molecule has 4 N–H and O–H groups in total. The van der Waals surface area contributed by atoms with Crippen LogP contribution in [0.15, 0.2) is 18.2 Å². The summed E-state index contributed by atoms with van der Waals surface area (Å²) in [5.41, 5.74) is -3.13.